The highest BCUT2D eigenvalue weighted by molar-refractivity contribution is 5.95. The highest BCUT2D eigenvalue weighted by Crippen LogP contribution is 2.39. The van der Waals surface area contributed by atoms with E-state index in [-0.39, 0.29) is 22.5 Å². The molecule has 1 aromatic heterocycles. The van der Waals surface area contributed by atoms with Crippen molar-refractivity contribution in [1.82, 2.24) is 9.78 Å². The van der Waals surface area contributed by atoms with Crippen molar-refractivity contribution in [3.05, 3.63) is 83.2 Å². The molecule has 40 heavy (non-hydrogen) atoms. The zero-order chi connectivity index (χ0) is 28.8. The number of carboxylic acid groups (broad SMARTS) is 1. The van der Waals surface area contributed by atoms with Gasteiger partial charge in [0, 0.05) is 47.4 Å². The molecular formula is C29H25F6N3O2. The summed E-state index contributed by atoms with van der Waals surface area (Å²) in [7, 11) is 0. The number of hydrogen-bond donors (Lipinski definition) is 1. The molecular weight excluding hydrogens is 536 g/mol. The van der Waals surface area contributed by atoms with Gasteiger partial charge in [0.15, 0.2) is 0 Å². The van der Waals surface area contributed by atoms with E-state index in [0.29, 0.717) is 24.2 Å². The van der Waals surface area contributed by atoms with Crippen LogP contribution in [-0.2, 0) is 17.5 Å². The van der Waals surface area contributed by atoms with E-state index in [1.165, 1.54) is 12.1 Å². The van der Waals surface area contributed by atoms with Crippen molar-refractivity contribution in [2.75, 3.05) is 18.0 Å². The van der Waals surface area contributed by atoms with Crippen LogP contribution in [0.3, 0.4) is 0 Å². The predicted molar refractivity (Wildman–Crippen MR) is 137 cm³/mol. The van der Waals surface area contributed by atoms with Gasteiger partial charge in [-0.15, -0.1) is 0 Å². The number of aliphatic carboxylic acids is 1. The molecule has 0 amide bonds. The molecule has 2 heterocycles. The number of anilines is 1. The monoisotopic (exact) mass is 561 g/mol. The van der Waals surface area contributed by atoms with Crippen LogP contribution >= 0.6 is 0 Å². The molecule has 1 aliphatic rings. The Morgan fingerprint density at radius 1 is 1.07 bits per heavy atom. The summed E-state index contributed by atoms with van der Waals surface area (Å²) in [6.45, 7) is 2.39. The van der Waals surface area contributed by atoms with Crippen LogP contribution < -0.4 is 4.90 Å². The Balaban J connectivity index is 1.57. The molecule has 1 unspecified atom stereocenters. The second-order valence-electron chi connectivity index (χ2n) is 10.1. The minimum Gasteiger partial charge on any atom is -0.481 e. The second kappa shape index (κ2) is 10.5. The van der Waals surface area contributed by atoms with E-state index in [0.717, 1.165) is 35.8 Å². The maximum absolute atomic E-state index is 14.5. The van der Waals surface area contributed by atoms with Crippen molar-refractivity contribution in [1.29, 1.82) is 0 Å². The molecule has 1 N–H and O–H groups in total. The Hall–Kier alpha value is -4.02. The maximum Gasteiger partial charge on any atom is 0.418 e. The average Bonchev–Trinajstić information content (AvgIpc) is 3.27. The third-order valence-corrected chi connectivity index (χ3v) is 7.55. The van der Waals surface area contributed by atoms with Crippen LogP contribution in [0.15, 0.2) is 54.6 Å². The first-order valence-electron chi connectivity index (χ1n) is 12.7. The molecule has 210 valence electrons. The van der Waals surface area contributed by atoms with Crippen molar-refractivity contribution in [3.63, 3.8) is 0 Å². The first kappa shape index (κ1) is 27.5. The summed E-state index contributed by atoms with van der Waals surface area (Å²) in [5, 5.41) is 13.7. The molecule has 4 aromatic rings. The quantitative estimate of drug-likeness (QED) is 0.255. The van der Waals surface area contributed by atoms with Gasteiger partial charge in [-0.2, -0.15) is 18.3 Å². The fraction of sp³-hybridized carbons (Fsp3) is 0.310. The molecule has 5 rings (SSSR count). The number of alkyl halides is 3. The SMILES string of the molecule is CC(C(=O)O)[C@@H]1CCCN(c2ccc(-c3c4cccc(C(F)(F)F)c4nn3Cc3c(F)cc(F)cc3F)cc2)C1. The molecule has 0 aliphatic carbocycles. The number of piperidine rings is 1. The normalized spacial score (nSPS) is 16.9. The lowest BCUT2D eigenvalue weighted by Crippen LogP contribution is -2.39. The zero-order valence-corrected chi connectivity index (χ0v) is 21.4. The van der Waals surface area contributed by atoms with Gasteiger partial charge in [-0.1, -0.05) is 31.2 Å². The van der Waals surface area contributed by atoms with Crippen LogP contribution in [0, 0.1) is 29.3 Å². The molecule has 5 nitrogen and oxygen atoms in total. The molecule has 0 spiro atoms. The summed E-state index contributed by atoms with van der Waals surface area (Å²) in [5.41, 5.74) is -0.416. The molecule has 3 aromatic carbocycles. The average molecular weight is 562 g/mol. The van der Waals surface area contributed by atoms with Crippen molar-refractivity contribution >= 4 is 22.6 Å². The van der Waals surface area contributed by atoms with Gasteiger partial charge >= 0.3 is 12.1 Å². The number of carbonyl (C=O) groups is 1. The summed E-state index contributed by atoms with van der Waals surface area (Å²) in [6.07, 6.45) is -3.11. The summed E-state index contributed by atoms with van der Waals surface area (Å²) in [5.74, 6) is -4.85. The summed E-state index contributed by atoms with van der Waals surface area (Å²) in [6, 6.07) is 11.5. The Morgan fingerprint density at radius 3 is 2.38 bits per heavy atom. The smallest absolute Gasteiger partial charge is 0.418 e. The van der Waals surface area contributed by atoms with Gasteiger partial charge in [0.1, 0.15) is 23.0 Å². The van der Waals surface area contributed by atoms with E-state index in [1.54, 1.807) is 31.2 Å². The first-order valence-corrected chi connectivity index (χ1v) is 12.7. The number of benzene rings is 3. The van der Waals surface area contributed by atoms with E-state index in [9.17, 15) is 36.2 Å². The topological polar surface area (TPSA) is 58.4 Å². The molecule has 11 heteroatoms. The van der Waals surface area contributed by atoms with E-state index in [1.807, 2.05) is 0 Å². The van der Waals surface area contributed by atoms with E-state index < -0.39 is 53.2 Å². The number of rotatable bonds is 6. The highest BCUT2D eigenvalue weighted by Gasteiger charge is 2.35. The van der Waals surface area contributed by atoms with Crippen LogP contribution in [-0.4, -0.2) is 33.9 Å². The molecule has 0 saturated carbocycles. The van der Waals surface area contributed by atoms with Gasteiger partial charge in [-0.3, -0.25) is 9.48 Å². The lowest BCUT2D eigenvalue weighted by atomic mass is 9.86. The van der Waals surface area contributed by atoms with Gasteiger partial charge in [0.25, 0.3) is 0 Å². The van der Waals surface area contributed by atoms with Crippen molar-refractivity contribution in [2.24, 2.45) is 11.8 Å². The highest BCUT2D eigenvalue weighted by atomic mass is 19.4. The largest absolute Gasteiger partial charge is 0.481 e. The van der Waals surface area contributed by atoms with Gasteiger partial charge in [0.2, 0.25) is 0 Å². The number of fused-ring (bicyclic) bond motifs is 1. The minimum atomic E-state index is -4.72. The predicted octanol–water partition coefficient (Wildman–Crippen LogP) is 7.12. The Labute approximate surface area is 225 Å². The summed E-state index contributed by atoms with van der Waals surface area (Å²) < 4.78 is 85.0. The molecule has 0 bridgehead atoms. The Kier molecular flexibility index (Phi) is 7.24. The fourth-order valence-electron chi connectivity index (χ4n) is 5.36. The van der Waals surface area contributed by atoms with Gasteiger partial charge in [-0.05, 0) is 37.0 Å². The number of nitrogens with zero attached hydrogens (tertiary/aromatic N) is 3. The number of hydrogen-bond acceptors (Lipinski definition) is 3. The zero-order valence-electron chi connectivity index (χ0n) is 21.4. The lowest BCUT2D eigenvalue weighted by molar-refractivity contribution is -0.143. The van der Waals surface area contributed by atoms with Crippen LogP contribution in [0.5, 0.6) is 0 Å². The summed E-state index contributed by atoms with van der Waals surface area (Å²) in [4.78, 5) is 13.5. The molecule has 0 radical (unpaired) electrons. The number of carboxylic acids is 1. The maximum atomic E-state index is 14.5. The Bertz CT molecular complexity index is 1540. The van der Waals surface area contributed by atoms with Gasteiger partial charge in [-0.25, -0.2) is 13.2 Å². The second-order valence-corrected chi connectivity index (χ2v) is 10.1. The van der Waals surface area contributed by atoms with Crippen molar-refractivity contribution in [3.8, 4) is 11.3 Å². The Morgan fingerprint density at radius 2 is 1.75 bits per heavy atom. The molecule has 1 fully saturated rings. The van der Waals surface area contributed by atoms with Crippen LogP contribution in [0.4, 0.5) is 32.0 Å². The van der Waals surface area contributed by atoms with Gasteiger partial charge in [0.05, 0.1) is 23.7 Å². The summed E-state index contributed by atoms with van der Waals surface area (Å²) >= 11 is 0. The number of halogens is 6. The minimum absolute atomic E-state index is 0.0300. The van der Waals surface area contributed by atoms with Gasteiger partial charge < -0.3 is 10.0 Å². The van der Waals surface area contributed by atoms with E-state index in [4.69, 9.17) is 0 Å². The molecule has 2 atom stereocenters. The molecule has 1 saturated heterocycles. The third kappa shape index (κ3) is 5.24. The molecule has 1 aliphatic heterocycles. The third-order valence-electron chi connectivity index (χ3n) is 7.55. The van der Waals surface area contributed by atoms with E-state index >= 15 is 0 Å². The first-order chi connectivity index (χ1) is 18.9. The van der Waals surface area contributed by atoms with Crippen molar-refractivity contribution in [2.45, 2.75) is 32.5 Å². The lowest BCUT2D eigenvalue weighted by Gasteiger charge is -2.36. The van der Waals surface area contributed by atoms with Crippen molar-refractivity contribution < 1.29 is 36.2 Å². The van der Waals surface area contributed by atoms with Crippen LogP contribution in [0.1, 0.15) is 30.9 Å². The fourth-order valence-corrected chi connectivity index (χ4v) is 5.36. The van der Waals surface area contributed by atoms with Crippen LogP contribution in [0.2, 0.25) is 0 Å². The van der Waals surface area contributed by atoms with E-state index in [2.05, 4.69) is 10.00 Å². The standard InChI is InChI=1S/C29H25F6N3O2/c1-16(28(39)40)18-4-3-11-37(14-18)20-9-7-17(8-10-20)27-21-5-2-6-23(29(33,34)35)26(21)36-38(27)15-22-24(31)12-19(30)13-25(22)32/h2,5-10,12-13,16,18H,3-4,11,14-15H2,1H3,(H,39,40)/t16?,18-/m1/s1. The van der Waals surface area contributed by atoms with Crippen LogP contribution in [0.25, 0.3) is 22.2 Å². The number of aromatic nitrogens is 2.